The highest BCUT2D eigenvalue weighted by Gasteiger charge is 2.08. The molecule has 13 heavy (non-hydrogen) atoms. The van der Waals surface area contributed by atoms with Gasteiger partial charge in [-0.25, -0.2) is 18.1 Å². The van der Waals surface area contributed by atoms with Crippen LogP contribution < -0.4 is 5.73 Å². The predicted molar refractivity (Wildman–Crippen MR) is 48.8 cm³/mol. The molecule has 0 bridgehead atoms. The van der Waals surface area contributed by atoms with Crippen LogP contribution in [0.25, 0.3) is 0 Å². The molecule has 0 aliphatic carbocycles. The van der Waals surface area contributed by atoms with Crippen LogP contribution in [0.4, 0.5) is 5.95 Å². The summed E-state index contributed by atoms with van der Waals surface area (Å²) in [5, 5.41) is 3.77. The van der Waals surface area contributed by atoms with Crippen LogP contribution in [0.5, 0.6) is 0 Å². The van der Waals surface area contributed by atoms with Crippen molar-refractivity contribution in [1.82, 2.24) is 14.8 Å². The highest BCUT2D eigenvalue weighted by Crippen LogP contribution is 1.97. The first kappa shape index (κ1) is 9.97. The summed E-state index contributed by atoms with van der Waals surface area (Å²) in [5.74, 6) is 0.435. The van der Waals surface area contributed by atoms with E-state index in [9.17, 15) is 8.42 Å². The third-order valence-corrected chi connectivity index (χ3v) is 3.38. The fraction of sp³-hybridized carbons (Fsp3) is 0.667. The van der Waals surface area contributed by atoms with E-state index < -0.39 is 9.84 Å². The van der Waals surface area contributed by atoms with Crippen LogP contribution in [-0.4, -0.2) is 34.7 Å². The van der Waals surface area contributed by atoms with Gasteiger partial charge in [0.1, 0.15) is 6.33 Å². The number of aromatic nitrogens is 3. The van der Waals surface area contributed by atoms with Crippen molar-refractivity contribution in [2.24, 2.45) is 0 Å². The Morgan fingerprint density at radius 1 is 1.62 bits per heavy atom. The van der Waals surface area contributed by atoms with Crippen LogP contribution in [0, 0.1) is 0 Å². The first-order chi connectivity index (χ1) is 6.05. The Morgan fingerprint density at radius 2 is 2.31 bits per heavy atom. The fourth-order valence-electron chi connectivity index (χ4n) is 0.815. The van der Waals surface area contributed by atoms with Crippen molar-refractivity contribution in [2.45, 2.75) is 13.5 Å². The Kier molecular flexibility index (Phi) is 2.86. The zero-order chi connectivity index (χ0) is 9.90. The van der Waals surface area contributed by atoms with Crippen molar-refractivity contribution in [3.8, 4) is 0 Å². The number of sulfone groups is 1. The lowest BCUT2D eigenvalue weighted by Gasteiger charge is -2.02. The van der Waals surface area contributed by atoms with Crippen molar-refractivity contribution >= 4 is 15.8 Å². The zero-order valence-corrected chi connectivity index (χ0v) is 8.16. The topological polar surface area (TPSA) is 90.9 Å². The Balaban J connectivity index is 2.58. The van der Waals surface area contributed by atoms with Gasteiger partial charge in [0.25, 0.3) is 0 Å². The third kappa shape index (κ3) is 2.69. The number of hydrogen-bond donors (Lipinski definition) is 1. The molecule has 7 heteroatoms. The molecule has 0 aliphatic heterocycles. The van der Waals surface area contributed by atoms with Crippen LogP contribution in [0.15, 0.2) is 6.33 Å². The maximum absolute atomic E-state index is 11.1. The monoisotopic (exact) mass is 204 g/mol. The average molecular weight is 204 g/mol. The number of nitrogen functional groups attached to an aromatic ring is 1. The molecule has 0 saturated heterocycles. The molecule has 2 N–H and O–H groups in total. The second-order valence-corrected chi connectivity index (χ2v) is 5.05. The number of nitrogens with zero attached hydrogens (tertiary/aromatic N) is 3. The zero-order valence-electron chi connectivity index (χ0n) is 7.34. The van der Waals surface area contributed by atoms with Crippen molar-refractivity contribution < 1.29 is 8.42 Å². The van der Waals surface area contributed by atoms with E-state index in [2.05, 4.69) is 10.1 Å². The van der Waals surface area contributed by atoms with E-state index in [1.165, 1.54) is 11.0 Å². The highest BCUT2D eigenvalue weighted by molar-refractivity contribution is 7.91. The largest absolute Gasteiger partial charge is 0.368 e. The summed E-state index contributed by atoms with van der Waals surface area (Å²) >= 11 is 0. The molecule has 0 saturated carbocycles. The number of rotatable bonds is 4. The van der Waals surface area contributed by atoms with Gasteiger partial charge in [0.2, 0.25) is 5.95 Å². The number of hydrogen-bond acceptors (Lipinski definition) is 5. The average Bonchev–Trinajstić information content (AvgIpc) is 2.48. The summed E-state index contributed by atoms with van der Waals surface area (Å²) in [6.45, 7) is 1.88. The van der Waals surface area contributed by atoms with E-state index in [4.69, 9.17) is 5.73 Å². The summed E-state index contributed by atoms with van der Waals surface area (Å²) in [6.07, 6.45) is 1.30. The number of anilines is 1. The van der Waals surface area contributed by atoms with Gasteiger partial charge < -0.3 is 5.73 Å². The molecular weight excluding hydrogens is 192 g/mol. The molecule has 0 spiro atoms. The second-order valence-electron chi connectivity index (χ2n) is 2.58. The lowest BCUT2D eigenvalue weighted by atomic mass is 10.7. The van der Waals surface area contributed by atoms with Gasteiger partial charge in [0, 0.05) is 5.75 Å². The van der Waals surface area contributed by atoms with Gasteiger partial charge in [-0.15, -0.1) is 0 Å². The van der Waals surface area contributed by atoms with Crippen molar-refractivity contribution in [3.05, 3.63) is 6.33 Å². The molecule has 0 aromatic carbocycles. The van der Waals surface area contributed by atoms with E-state index in [0.717, 1.165) is 0 Å². The summed E-state index contributed by atoms with van der Waals surface area (Å²) in [4.78, 5) is 3.68. The second kappa shape index (κ2) is 3.73. The van der Waals surface area contributed by atoms with Gasteiger partial charge in [-0.2, -0.15) is 5.10 Å². The van der Waals surface area contributed by atoms with Crippen molar-refractivity contribution in [2.75, 3.05) is 17.2 Å². The van der Waals surface area contributed by atoms with E-state index in [1.54, 1.807) is 6.92 Å². The van der Waals surface area contributed by atoms with E-state index in [1.807, 2.05) is 0 Å². The third-order valence-electron chi connectivity index (χ3n) is 1.70. The maximum atomic E-state index is 11.1. The van der Waals surface area contributed by atoms with Crippen LogP contribution in [-0.2, 0) is 16.4 Å². The predicted octanol–water partition coefficient (Wildman–Crippen LogP) is -0.705. The molecule has 1 heterocycles. The summed E-state index contributed by atoms with van der Waals surface area (Å²) in [6, 6.07) is 0. The highest BCUT2D eigenvalue weighted by atomic mass is 32.2. The SMILES string of the molecule is CCS(=O)(=O)CCn1ncnc1N. The van der Waals surface area contributed by atoms with Crippen LogP contribution in [0.1, 0.15) is 6.92 Å². The fourth-order valence-corrected chi connectivity index (χ4v) is 1.56. The molecule has 0 radical (unpaired) electrons. The minimum atomic E-state index is -2.96. The lowest BCUT2D eigenvalue weighted by Crippen LogP contribution is -2.16. The molecule has 0 amide bonds. The Bertz CT molecular complexity index is 370. The lowest BCUT2D eigenvalue weighted by molar-refractivity contribution is 0.583. The molecule has 6 nitrogen and oxygen atoms in total. The van der Waals surface area contributed by atoms with Crippen molar-refractivity contribution in [3.63, 3.8) is 0 Å². The Hall–Kier alpha value is -1.11. The normalized spacial score (nSPS) is 11.8. The number of nitrogens with two attached hydrogens (primary N) is 1. The summed E-state index contributed by atoms with van der Waals surface area (Å²) in [5.41, 5.74) is 5.41. The van der Waals surface area contributed by atoms with Gasteiger partial charge in [-0.05, 0) is 0 Å². The number of aryl methyl sites for hydroxylation is 1. The van der Waals surface area contributed by atoms with Gasteiger partial charge in [0.15, 0.2) is 9.84 Å². The van der Waals surface area contributed by atoms with Gasteiger partial charge in [-0.3, -0.25) is 0 Å². The van der Waals surface area contributed by atoms with E-state index >= 15 is 0 Å². The van der Waals surface area contributed by atoms with Gasteiger partial charge in [0.05, 0.1) is 12.3 Å². The molecule has 0 aliphatic rings. The Labute approximate surface area is 76.7 Å². The molecule has 0 unspecified atom stereocenters. The first-order valence-electron chi connectivity index (χ1n) is 3.89. The summed E-state index contributed by atoms with van der Waals surface area (Å²) in [7, 11) is -2.96. The minimum absolute atomic E-state index is 0.0526. The molecule has 0 atom stereocenters. The van der Waals surface area contributed by atoms with Crippen LogP contribution >= 0.6 is 0 Å². The van der Waals surface area contributed by atoms with Crippen LogP contribution in [0.2, 0.25) is 0 Å². The molecule has 1 aromatic rings. The Morgan fingerprint density at radius 3 is 2.77 bits per heavy atom. The van der Waals surface area contributed by atoms with Gasteiger partial charge >= 0.3 is 0 Å². The van der Waals surface area contributed by atoms with Gasteiger partial charge in [-0.1, -0.05) is 6.92 Å². The minimum Gasteiger partial charge on any atom is -0.368 e. The first-order valence-corrected chi connectivity index (χ1v) is 5.71. The summed E-state index contributed by atoms with van der Waals surface area (Å²) < 4.78 is 23.6. The van der Waals surface area contributed by atoms with Crippen LogP contribution in [0.3, 0.4) is 0 Å². The smallest absolute Gasteiger partial charge is 0.218 e. The molecule has 0 fully saturated rings. The van der Waals surface area contributed by atoms with E-state index in [0.29, 0.717) is 0 Å². The molecule has 74 valence electrons. The standard InChI is InChI=1S/C6H12N4O2S/c1-2-13(11,12)4-3-10-6(7)8-5-9-10/h5H,2-4H2,1H3,(H2,7,8,9). The van der Waals surface area contributed by atoms with Crippen molar-refractivity contribution in [1.29, 1.82) is 0 Å². The maximum Gasteiger partial charge on any atom is 0.218 e. The molecule has 1 aromatic heterocycles. The quantitative estimate of drug-likeness (QED) is 0.700. The van der Waals surface area contributed by atoms with E-state index in [-0.39, 0.29) is 24.0 Å². The molecular formula is C6H12N4O2S. The molecule has 1 rings (SSSR count).